The first-order valence-corrected chi connectivity index (χ1v) is 11.4. The van der Waals surface area contributed by atoms with E-state index in [2.05, 4.69) is 4.99 Å². The van der Waals surface area contributed by atoms with Crippen molar-refractivity contribution in [3.05, 3.63) is 18.2 Å². The molecule has 1 aromatic rings. The highest BCUT2D eigenvalue weighted by Crippen LogP contribution is 2.44. The molecule has 148 valence electrons. The molecular weight excluding hydrogens is 388 g/mol. The smallest absolute Gasteiger partial charge is 0.248 e. The van der Waals surface area contributed by atoms with E-state index in [9.17, 15) is 13.2 Å². The third kappa shape index (κ3) is 4.24. The van der Waals surface area contributed by atoms with Crippen molar-refractivity contribution in [3.63, 3.8) is 0 Å². The number of nitrogens with zero attached hydrogens (tertiary/aromatic N) is 2. The van der Waals surface area contributed by atoms with Crippen molar-refractivity contribution >= 4 is 38.4 Å². The molecular formula is C18H24N2O5S2. The Bertz CT molecular complexity index is 867. The molecule has 3 rings (SSSR count). The quantitative estimate of drug-likeness (QED) is 0.734. The minimum absolute atomic E-state index is 0.0389. The third-order valence-electron chi connectivity index (χ3n) is 4.52. The average molecular weight is 413 g/mol. The molecule has 0 bridgehead atoms. The molecule has 2 saturated heterocycles. The zero-order valence-corrected chi connectivity index (χ0v) is 17.5. The first-order chi connectivity index (χ1) is 12.7. The number of anilines is 1. The Balaban J connectivity index is 2.03. The standard InChI is InChI=1S/C18H24N2O5S2/c1-11(2)7-17(21)19-18-20(14-9-27(22,23)10-16(14)26-18)13-6-5-12(24-3)8-15(13)25-4/h5-6,8,11,14,16H,7,9-10H2,1-4H3/t14-,16-/m1/s1. The molecule has 9 heteroatoms. The Morgan fingerprint density at radius 3 is 2.67 bits per heavy atom. The molecule has 0 spiro atoms. The fraction of sp³-hybridized carbons (Fsp3) is 0.556. The first kappa shape index (κ1) is 20.0. The van der Waals surface area contributed by atoms with Gasteiger partial charge < -0.3 is 14.4 Å². The lowest BCUT2D eigenvalue weighted by molar-refractivity contribution is -0.118. The number of aliphatic imine (C=N–C) groups is 1. The minimum Gasteiger partial charge on any atom is -0.497 e. The van der Waals surface area contributed by atoms with Gasteiger partial charge in [-0.05, 0) is 18.1 Å². The van der Waals surface area contributed by atoms with Gasteiger partial charge in [0, 0.05) is 17.7 Å². The monoisotopic (exact) mass is 412 g/mol. The van der Waals surface area contributed by atoms with Crippen LogP contribution in [0.1, 0.15) is 20.3 Å². The van der Waals surface area contributed by atoms with Gasteiger partial charge in [0.25, 0.3) is 0 Å². The summed E-state index contributed by atoms with van der Waals surface area (Å²) in [5.41, 5.74) is 0.687. The maximum atomic E-state index is 12.3. The zero-order valence-electron chi connectivity index (χ0n) is 15.8. The fourth-order valence-corrected chi connectivity index (χ4v) is 7.26. The predicted octanol–water partition coefficient (Wildman–Crippen LogP) is 2.35. The number of hydrogen-bond acceptors (Lipinski definition) is 6. The van der Waals surface area contributed by atoms with Crippen LogP contribution in [0.15, 0.2) is 23.2 Å². The molecule has 0 aromatic heterocycles. The van der Waals surface area contributed by atoms with Crippen LogP contribution in [0.4, 0.5) is 5.69 Å². The van der Waals surface area contributed by atoms with Crippen LogP contribution in [0, 0.1) is 5.92 Å². The van der Waals surface area contributed by atoms with Gasteiger partial charge in [-0.3, -0.25) is 4.79 Å². The number of amides is 1. The van der Waals surface area contributed by atoms with Crippen molar-refractivity contribution < 1.29 is 22.7 Å². The maximum absolute atomic E-state index is 12.3. The second kappa shape index (κ2) is 7.71. The number of carbonyl (C=O) groups excluding carboxylic acids is 1. The highest BCUT2D eigenvalue weighted by atomic mass is 32.2. The van der Waals surface area contributed by atoms with E-state index >= 15 is 0 Å². The molecule has 0 radical (unpaired) electrons. The average Bonchev–Trinajstić information content (AvgIpc) is 3.04. The predicted molar refractivity (Wildman–Crippen MR) is 108 cm³/mol. The van der Waals surface area contributed by atoms with E-state index in [1.807, 2.05) is 24.8 Å². The van der Waals surface area contributed by atoms with Crippen LogP contribution in [0.5, 0.6) is 11.5 Å². The Morgan fingerprint density at radius 2 is 2.04 bits per heavy atom. The van der Waals surface area contributed by atoms with Crippen LogP contribution in [0.3, 0.4) is 0 Å². The van der Waals surface area contributed by atoms with Gasteiger partial charge in [0.05, 0.1) is 37.5 Å². The van der Waals surface area contributed by atoms with Crippen molar-refractivity contribution in [1.29, 1.82) is 0 Å². The molecule has 2 atom stereocenters. The molecule has 2 aliphatic rings. The number of thioether (sulfide) groups is 1. The number of methoxy groups -OCH3 is 2. The SMILES string of the molecule is COc1ccc(N2C(=NC(=O)CC(C)C)S[C@@H]3CS(=O)(=O)C[C@H]32)c(OC)c1. The molecule has 2 aliphatic heterocycles. The van der Waals surface area contributed by atoms with Crippen molar-refractivity contribution in [3.8, 4) is 11.5 Å². The number of hydrogen-bond donors (Lipinski definition) is 0. The molecule has 7 nitrogen and oxygen atoms in total. The number of amidine groups is 1. The Morgan fingerprint density at radius 1 is 1.30 bits per heavy atom. The summed E-state index contributed by atoms with van der Waals surface area (Å²) < 4.78 is 35.0. The topological polar surface area (TPSA) is 85.3 Å². The normalized spacial score (nSPS) is 25.1. The Kier molecular flexibility index (Phi) is 5.71. The first-order valence-electron chi connectivity index (χ1n) is 8.74. The number of rotatable bonds is 5. The zero-order chi connectivity index (χ0) is 19.8. The summed E-state index contributed by atoms with van der Waals surface area (Å²) in [5, 5.41) is 0.390. The van der Waals surface area contributed by atoms with E-state index in [0.29, 0.717) is 28.8 Å². The minimum atomic E-state index is -3.12. The molecule has 0 aliphatic carbocycles. The van der Waals surface area contributed by atoms with E-state index in [0.717, 1.165) is 0 Å². The lowest BCUT2D eigenvalue weighted by Gasteiger charge is -2.26. The molecule has 0 N–H and O–H groups in total. The third-order valence-corrected chi connectivity index (χ3v) is 7.73. The van der Waals surface area contributed by atoms with Crippen molar-refractivity contribution in [2.45, 2.75) is 31.6 Å². The van der Waals surface area contributed by atoms with Crippen molar-refractivity contribution in [1.82, 2.24) is 0 Å². The lowest BCUT2D eigenvalue weighted by atomic mass is 10.1. The second-order valence-corrected chi connectivity index (χ2v) is 10.5. The Hall–Kier alpha value is -1.74. The van der Waals surface area contributed by atoms with Crippen LogP contribution in [0.25, 0.3) is 0 Å². The van der Waals surface area contributed by atoms with Crippen molar-refractivity contribution in [2.75, 3.05) is 30.6 Å². The van der Waals surface area contributed by atoms with Gasteiger partial charge in [0.1, 0.15) is 11.5 Å². The molecule has 0 unspecified atom stereocenters. The van der Waals surface area contributed by atoms with Crippen molar-refractivity contribution in [2.24, 2.45) is 10.9 Å². The molecule has 1 aromatic carbocycles. The summed E-state index contributed by atoms with van der Waals surface area (Å²) in [6, 6.07) is 5.07. The van der Waals surface area contributed by atoms with Crippen LogP contribution in [-0.4, -0.2) is 56.5 Å². The molecule has 1 amide bonds. The molecule has 0 saturated carbocycles. The summed E-state index contributed by atoms with van der Waals surface area (Å²) in [4.78, 5) is 18.4. The number of carbonyl (C=O) groups is 1. The van der Waals surface area contributed by atoms with E-state index < -0.39 is 9.84 Å². The van der Waals surface area contributed by atoms with Gasteiger partial charge in [-0.2, -0.15) is 4.99 Å². The van der Waals surface area contributed by atoms with Gasteiger partial charge in [0.2, 0.25) is 5.91 Å². The summed E-state index contributed by atoms with van der Waals surface area (Å²) in [6.07, 6.45) is 0.352. The maximum Gasteiger partial charge on any atom is 0.248 e. The summed E-state index contributed by atoms with van der Waals surface area (Å²) in [5.74, 6) is 1.31. The highest BCUT2D eigenvalue weighted by Gasteiger charge is 2.50. The summed E-state index contributed by atoms with van der Waals surface area (Å²) in [6.45, 7) is 3.93. The van der Waals surface area contributed by atoms with Crippen LogP contribution < -0.4 is 14.4 Å². The van der Waals surface area contributed by atoms with E-state index in [-0.39, 0.29) is 34.6 Å². The van der Waals surface area contributed by atoms with E-state index in [1.165, 1.54) is 11.8 Å². The van der Waals surface area contributed by atoms with E-state index in [4.69, 9.17) is 9.47 Å². The number of benzene rings is 1. The molecule has 27 heavy (non-hydrogen) atoms. The second-order valence-electron chi connectivity index (χ2n) is 7.09. The largest absolute Gasteiger partial charge is 0.497 e. The summed E-state index contributed by atoms with van der Waals surface area (Å²) >= 11 is 1.36. The number of fused-ring (bicyclic) bond motifs is 1. The fourth-order valence-electron chi connectivity index (χ4n) is 3.33. The highest BCUT2D eigenvalue weighted by molar-refractivity contribution is 8.16. The molecule has 2 heterocycles. The number of sulfone groups is 1. The van der Waals surface area contributed by atoms with Crippen LogP contribution in [-0.2, 0) is 14.6 Å². The van der Waals surface area contributed by atoms with Gasteiger partial charge in [-0.25, -0.2) is 8.42 Å². The Labute approximate surface area is 164 Å². The van der Waals surface area contributed by atoms with Gasteiger partial charge >= 0.3 is 0 Å². The molecule has 2 fully saturated rings. The number of ether oxygens (including phenoxy) is 2. The van der Waals surface area contributed by atoms with Crippen LogP contribution >= 0.6 is 11.8 Å². The summed E-state index contributed by atoms with van der Waals surface area (Å²) in [7, 11) is -0.00427. The van der Waals surface area contributed by atoms with Crippen LogP contribution in [0.2, 0.25) is 0 Å². The van der Waals surface area contributed by atoms with Gasteiger partial charge in [0.15, 0.2) is 15.0 Å². The van der Waals surface area contributed by atoms with Gasteiger partial charge in [-0.1, -0.05) is 25.6 Å². The van der Waals surface area contributed by atoms with Gasteiger partial charge in [-0.15, -0.1) is 0 Å². The lowest BCUT2D eigenvalue weighted by Crippen LogP contribution is -2.38. The van der Waals surface area contributed by atoms with E-state index in [1.54, 1.807) is 26.4 Å².